The van der Waals surface area contributed by atoms with Gasteiger partial charge in [-0.2, -0.15) is 0 Å². The van der Waals surface area contributed by atoms with E-state index >= 15 is 0 Å². The second-order valence-corrected chi connectivity index (χ2v) is 31.5. The third kappa shape index (κ3) is 5.35. The first-order valence-electron chi connectivity index (χ1n) is 12.2. The van der Waals surface area contributed by atoms with Crippen LogP contribution in [-0.2, 0) is 0 Å². The Kier molecular flexibility index (Phi) is 8.62. The van der Waals surface area contributed by atoms with Crippen LogP contribution in [0.15, 0.2) is 121 Å². The lowest BCUT2D eigenvalue weighted by Gasteiger charge is -2.37. The van der Waals surface area contributed by atoms with Crippen LogP contribution in [0.5, 0.6) is 0 Å². The molecule has 0 saturated carbocycles. The SMILES string of the molecule is Cl[Si](Cl)(/C(=C/c1ccccc1)c1ccccc1)C1[Si](Cl)(Cl)C(c2ccccc2)C(c2ccccc2)[Si]1(Cl)Cl. The highest BCUT2D eigenvalue weighted by Gasteiger charge is 2.76. The third-order valence-electron chi connectivity index (χ3n) is 7.17. The minimum absolute atomic E-state index is 0.265. The summed E-state index contributed by atoms with van der Waals surface area (Å²) in [6, 6.07) is 40.0. The minimum atomic E-state index is -3.54. The molecule has 0 N–H and O–H groups in total. The molecule has 1 aliphatic rings. The predicted molar refractivity (Wildman–Crippen MR) is 175 cm³/mol. The summed E-state index contributed by atoms with van der Waals surface area (Å²) >= 11 is 45.6. The molecule has 38 heavy (non-hydrogen) atoms. The van der Waals surface area contributed by atoms with E-state index in [2.05, 4.69) is 24.3 Å². The lowest BCUT2D eigenvalue weighted by Crippen LogP contribution is -2.49. The van der Waals surface area contributed by atoms with Gasteiger partial charge in [-0.3, -0.25) is 0 Å². The van der Waals surface area contributed by atoms with Crippen LogP contribution in [0.25, 0.3) is 11.3 Å². The van der Waals surface area contributed by atoms with E-state index < -0.39 is 24.9 Å². The van der Waals surface area contributed by atoms with Crippen LogP contribution in [0, 0.1) is 0 Å². The monoisotopic (exact) mass is 666 g/mol. The fraction of sp³-hybridized carbons (Fsp3) is 0.103. The maximum atomic E-state index is 7.64. The van der Waals surface area contributed by atoms with Crippen LogP contribution in [-0.4, -0.2) is 20.1 Å². The van der Waals surface area contributed by atoms with Gasteiger partial charge >= 0.3 is 0 Å². The van der Waals surface area contributed by atoms with Gasteiger partial charge < -0.3 is 0 Å². The maximum absolute atomic E-state index is 7.64. The summed E-state index contributed by atoms with van der Waals surface area (Å²) in [6.45, 7) is -10.3. The zero-order chi connectivity index (χ0) is 27.0. The van der Waals surface area contributed by atoms with Crippen molar-refractivity contribution < 1.29 is 0 Å². The van der Waals surface area contributed by atoms with E-state index in [0.29, 0.717) is 0 Å². The van der Waals surface area contributed by atoms with Crippen molar-refractivity contribution >= 4 is 97.8 Å². The lowest BCUT2D eigenvalue weighted by molar-refractivity contribution is 0.866. The molecule has 1 heterocycles. The average Bonchev–Trinajstić information content (AvgIpc) is 3.09. The van der Waals surface area contributed by atoms with E-state index in [0.717, 1.165) is 27.5 Å². The van der Waals surface area contributed by atoms with Crippen LogP contribution < -0.4 is 0 Å². The summed E-state index contributed by atoms with van der Waals surface area (Å²) in [5, 5.41) is 0.814. The standard InChI is InChI=1S/C29H24Cl6Si3/c30-36(31,26(23-15-7-2-8-16-23)21-22-13-5-1-6-14-22)29-37(32,33)27(24-17-9-3-10-18-24)28(38(29,34)35)25-19-11-4-12-20-25/h1-21,27-29H/b26-21+. The van der Waals surface area contributed by atoms with Gasteiger partial charge in [0.25, 0.3) is 20.1 Å². The van der Waals surface area contributed by atoms with E-state index in [1.807, 2.05) is 103 Å². The number of rotatable bonds is 6. The summed E-state index contributed by atoms with van der Waals surface area (Å²) in [4.78, 5) is -0.580. The Morgan fingerprint density at radius 2 is 0.921 bits per heavy atom. The fourth-order valence-electron chi connectivity index (χ4n) is 5.55. The van der Waals surface area contributed by atoms with E-state index in [-0.39, 0.29) is 11.1 Å². The first-order chi connectivity index (χ1) is 18.1. The summed E-state index contributed by atoms with van der Waals surface area (Å²) in [6.07, 6.45) is 2.05. The molecule has 0 nitrogen and oxygen atoms in total. The molecule has 194 valence electrons. The van der Waals surface area contributed by atoms with Crippen LogP contribution in [0.2, 0.25) is 4.79 Å². The second-order valence-electron chi connectivity index (χ2n) is 9.52. The van der Waals surface area contributed by atoms with Crippen molar-refractivity contribution in [1.82, 2.24) is 0 Å². The van der Waals surface area contributed by atoms with Crippen molar-refractivity contribution in [2.45, 2.75) is 15.9 Å². The van der Waals surface area contributed by atoms with Crippen molar-refractivity contribution in [2.24, 2.45) is 0 Å². The predicted octanol–water partition coefficient (Wildman–Crippen LogP) is 10.6. The van der Waals surface area contributed by atoms with Gasteiger partial charge in [0, 0.05) is 15.9 Å². The molecule has 0 bridgehead atoms. The zero-order valence-electron chi connectivity index (χ0n) is 20.1. The fourth-order valence-corrected chi connectivity index (χ4v) is 50.2. The molecular weight excluding hydrogens is 645 g/mol. The molecule has 5 rings (SSSR count). The van der Waals surface area contributed by atoms with Crippen LogP contribution >= 0.6 is 66.5 Å². The van der Waals surface area contributed by atoms with Gasteiger partial charge in [0.05, 0.1) is 0 Å². The van der Waals surface area contributed by atoms with Crippen molar-refractivity contribution in [3.05, 3.63) is 144 Å². The highest BCUT2D eigenvalue weighted by molar-refractivity contribution is 7.72. The smallest absolute Gasteiger partial charge is 0.145 e. The quantitative estimate of drug-likeness (QED) is 0.109. The van der Waals surface area contributed by atoms with E-state index in [1.165, 1.54) is 0 Å². The van der Waals surface area contributed by atoms with Gasteiger partial charge in [-0.05, 0) is 27.5 Å². The van der Waals surface area contributed by atoms with Crippen molar-refractivity contribution in [3.8, 4) is 0 Å². The molecule has 2 unspecified atom stereocenters. The zero-order valence-corrected chi connectivity index (χ0v) is 27.7. The maximum Gasteiger partial charge on any atom is 0.284 e. The van der Waals surface area contributed by atoms with Crippen molar-refractivity contribution in [2.75, 3.05) is 0 Å². The lowest BCUT2D eigenvalue weighted by atomic mass is 10.0. The number of hydrogen-bond donors (Lipinski definition) is 0. The van der Waals surface area contributed by atoms with Crippen molar-refractivity contribution in [1.29, 1.82) is 0 Å². The number of hydrogen-bond acceptors (Lipinski definition) is 0. The average molecular weight is 669 g/mol. The third-order valence-corrected chi connectivity index (χ3v) is 36.5. The molecule has 2 atom stereocenters. The molecule has 4 aromatic rings. The molecule has 1 fully saturated rings. The van der Waals surface area contributed by atoms with Crippen LogP contribution in [0.1, 0.15) is 33.3 Å². The minimum Gasteiger partial charge on any atom is -0.145 e. The molecule has 9 heteroatoms. The van der Waals surface area contributed by atoms with E-state index in [9.17, 15) is 0 Å². The summed E-state index contributed by atoms with van der Waals surface area (Å²) < 4.78 is 0. The Hall–Kier alpha value is -0.989. The highest BCUT2D eigenvalue weighted by Crippen LogP contribution is 2.70. The first kappa shape index (κ1) is 28.5. The largest absolute Gasteiger partial charge is 0.284 e. The molecule has 0 spiro atoms. The topological polar surface area (TPSA) is 0 Å². The summed E-state index contributed by atoms with van der Waals surface area (Å²) in [5.74, 6) is 0. The van der Waals surface area contributed by atoms with Gasteiger partial charge in [0.15, 0.2) is 0 Å². The Balaban J connectivity index is 1.74. The van der Waals surface area contributed by atoms with Gasteiger partial charge in [-0.15, -0.1) is 66.5 Å². The van der Waals surface area contributed by atoms with Crippen molar-refractivity contribution in [3.63, 3.8) is 0 Å². The van der Waals surface area contributed by atoms with Gasteiger partial charge in [-0.1, -0.05) is 127 Å². The summed E-state index contributed by atoms with van der Waals surface area (Å²) in [5.41, 5.74) is 3.41. The van der Waals surface area contributed by atoms with Crippen LogP contribution in [0.4, 0.5) is 0 Å². The van der Waals surface area contributed by atoms with E-state index in [1.54, 1.807) is 0 Å². The van der Waals surface area contributed by atoms with Gasteiger partial charge in [0.2, 0.25) is 0 Å². The van der Waals surface area contributed by atoms with Crippen LogP contribution in [0.3, 0.4) is 0 Å². The second kappa shape index (κ2) is 11.5. The highest BCUT2D eigenvalue weighted by atomic mass is 35.7. The Morgan fingerprint density at radius 1 is 0.553 bits per heavy atom. The molecule has 4 aromatic carbocycles. The first-order valence-corrected chi connectivity index (χ1v) is 24.7. The molecule has 0 radical (unpaired) electrons. The molecule has 1 aliphatic heterocycles. The molecule has 0 aromatic heterocycles. The summed E-state index contributed by atoms with van der Waals surface area (Å²) in [7, 11) is 0. The molecule has 0 aliphatic carbocycles. The Labute approximate surface area is 255 Å². The molecular formula is C29H24Cl6Si3. The number of benzene rings is 4. The van der Waals surface area contributed by atoms with Gasteiger partial charge in [-0.25, -0.2) is 0 Å². The van der Waals surface area contributed by atoms with E-state index in [4.69, 9.17) is 66.5 Å². The Bertz CT molecular complexity index is 1340. The number of halogens is 6. The molecule has 0 amide bonds. The Morgan fingerprint density at radius 3 is 1.34 bits per heavy atom. The van der Waals surface area contributed by atoms with Gasteiger partial charge in [0.1, 0.15) is 0 Å². The molecule has 1 saturated heterocycles. The normalized spacial score (nSPS) is 22.8.